The van der Waals surface area contributed by atoms with E-state index < -0.39 is 8.32 Å². The van der Waals surface area contributed by atoms with Crippen LogP contribution in [-0.2, 0) is 9.22 Å². The number of carbonyl (C=O) groups is 1. The summed E-state index contributed by atoms with van der Waals surface area (Å²) in [6.07, 6.45) is 19.8. The van der Waals surface area contributed by atoms with Crippen molar-refractivity contribution >= 4 is 14.1 Å². The van der Waals surface area contributed by atoms with E-state index in [1.807, 2.05) is 6.08 Å². The number of rotatable bonds is 14. The van der Waals surface area contributed by atoms with Crippen molar-refractivity contribution in [1.29, 1.82) is 0 Å². The predicted octanol–water partition coefficient (Wildman–Crippen LogP) is 7.14. The van der Waals surface area contributed by atoms with E-state index in [0.29, 0.717) is 0 Å². The van der Waals surface area contributed by atoms with Crippen molar-refractivity contribution in [2.75, 3.05) is 6.61 Å². The van der Waals surface area contributed by atoms with Crippen molar-refractivity contribution in [2.24, 2.45) is 5.92 Å². The molecule has 1 aliphatic carbocycles. The molecule has 0 bridgehead atoms. The van der Waals surface area contributed by atoms with Crippen LogP contribution in [0.5, 0.6) is 0 Å². The predicted molar refractivity (Wildman–Crippen MR) is 131 cm³/mol. The second kappa shape index (κ2) is 13.4. The summed E-state index contributed by atoms with van der Waals surface area (Å²) in [5.41, 5.74) is 0.939. The van der Waals surface area contributed by atoms with Gasteiger partial charge in [-0.05, 0) is 62.7 Å². The third-order valence-electron chi connectivity index (χ3n) is 6.50. The standard InChI is InChI=1S/C26H46O3Si/c1-7-8-12-16-23(29-30(5,6)26(2,3)4)18-19-24-22(17-20-25(24)28)15-13-10-9-11-14-21-27/h10,13,17,19-20,22-23,27H,7-9,11-12,14-16,18,21H2,1-6H3/b13-10-,24-19+/t22-,23?/m0/s1. The summed E-state index contributed by atoms with van der Waals surface area (Å²) in [5, 5.41) is 9.05. The number of aliphatic hydroxyl groups is 1. The molecule has 0 spiro atoms. The van der Waals surface area contributed by atoms with E-state index in [2.05, 4.69) is 59.0 Å². The smallest absolute Gasteiger partial charge is 0.192 e. The first-order chi connectivity index (χ1) is 14.1. The molecular formula is C26H46O3Si. The van der Waals surface area contributed by atoms with E-state index in [1.165, 1.54) is 19.3 Å². The molecule has 1 N–H and O–H groups in total. The van der Waals surface area contributed by atoms with Gasteiger partial charge >= 0.3 is 0 Å². The van der Waals surface area contributed by atoms with Gasteiger partial charge in [0.15, 0.2) is 14.1 Å². The molecule has 0 aromatic rings. The fourth-order valence-corrected chi connectivity index (χ4v) is 4.88. The molecular weight excluding hydrogens is 388 g/mol. The van der Waals surface area contributed by atoms with Gasteiger partial charge in [-0.2, -0.15) is 0 Å². The number of carbonyl (C=O) groups excluding carboxylic acids is 1. The normalized spacial score (nSPS) is 20.0. The molecule has 0 fully saturated rings. The first-order valence-corrected chi connectivity index (χ1v) is 14.9. The molecule has 1 aliphatic rings. The number of unbranched alkanes of at least 4 members (excludes halogenated alkanes) is 4. The Morgan fingerprint density at radius 1 is 1.17 bits per heavy atom. The van der Waals surface area contributed by atoms with Crippen LogP contribution < -0.4 is 0 Å². The van der Waals surface area contributed by atoms with E-state index in [0.717, 1.165) is 44.1 Å². The highest BCUT2D eigenvalue weighted by Gasteiger charge is 2.39. The van der Waals surface area contributed by atoms with Crippen LogP contribution in [0.15, 0.2) is 36.0 Å². The lowest BCUT2D eigenvalue weighted by atomic mass is 9.95. The van der Waals surface area contributed by atoms with Gasteiger partial charge in [-0.1, -0.05) is 71.3 Å². The maximum absolute atomic E-state index is 12.4. The number of aliphatic hydroxyl groups excluding tert-OH is 1. The summed E-state index contributed by atoms with van der Waals surface area (Å²) in [4.78, 5) is 12.4. The van der Waals surface area contributed by atoms with Crippen LogP contribution >= 0.6 is 0 Å². The molecule has 2 atom stereocenters. The molecule has 172 valence electrons. The van der Waals surface area contributed by atoms with Gasteiger partial charge in [0.1, 0.15) is 0 Å². The van der Waals surface area contributed by atoms with Crippen LogP contribution in [0.1, 0.15) is 85.5 Å². The van der Waals surface area contributed by atoms with Crippen LogP contribution in [0.25, 0.3) is 0 Å². The number of hydrogen-bond acceptors (Lipinski definition) is 3. The third kappa shape index (κ3) is 9.45. The van der Waals surface area contributed by atoms with Crippen LogP contribution in [0.4, 0.5) is 0 Å². The van der Waals surface area contributed by atoms with Crippen molar-refractivity contribution in [3.8, 4) is 0 Å². The van der Waals surface area contributed by atoms with Gasteiger partial charge in [0.05, 0.1) is 0 Å². The van der Waals surface area contributed by atoms with E-state index in [9.17, 15) is 4.79 Å². The second-order valence-electron chi connectivity index (χ2n) is 10.1. The first kappa shape index (κ1) is 27.1. The van der Waals surface area contributed by atoms with Gasteiger partial charge in [0, 0.05) is 24.2 Å². The van der Waals surface area contributed by atoms with Gasteiger partial charge < -0.3 is 9.53 Å². The van der Waals surface area contributed by atoms with E-state index >= 15 is 0 Å². The average molecular weight is 435 g/mol. The third-order valence-corrected chi connectivity index (χ3v) is 11.0. The Balaban J connectivity index is 2.76. The molecule has 0 saturated heterocycles. The van der Waals surface area contributed by atoms with Gasteiger partial charge in [-0.3, -0.25) is 4.79 Å². The van der Waals surface area contributed by atoms with Gasteiger partial charge in [-0.25, -0.2) is 0 Å². The molecule has 0 heterocycles. The average Bonchev–Trinajstić information content (AvgIpc) is 3.01. The van der Waals surface area contributed by atoms with Crippen molar-refractivity contribution in [3.63, 3.8) is 0 Å². The Hall–Kier alpha value is -0.973. The summed E-state index contributed by atoms with van der Waals surface area (Å²) in [6, 6.07) is 0. The van der Waals surface area contributed by atoms with Crippen molar-refractivity contribution in [3.05, 3.63) is 36.0 Å². The highest BCUT2D eigenvalue weighted by molar-refractivity contribution is 6.74. The zero-order valence-electron chi connectivity index (χ0n) is 20.4. The SMILES string of the molecule is CCCCCC(C/C=C1/C(=O)C=C[C@@H]1C/C=C\CCCCO)O[Si](C)(C)C(C)(C)C. The van der Waals surface area contributed by atoms with Crippen LogP contribution in [0.3, 0.4) is 0 Å². The fraction of sp³-hybridized carbons (Fsp3) is 0.731. The quantitative estimate of drug-likeness (QED) is 0.137. The minimum absolute atomic E-state index is 0.160. The summed E-state index contributed by atoms with van der Waals surface area (Å²) in [6.45, 7) is 14.0. The van der Waals surface area contributed by atoms with Crippen LogP contribution in [0.2, 0.25) is 18.1 Å². The molecule has 30 heavy (non-hydrogen) atoms. The minimum atomic E-state index is -1.83. The lowest BCUT2D eigenvalue weighted by Crippen LogP contribution is -2.43. The Kier molecular flexibility index (Phi) is 12.1. The van der Waals surface area contributed by atoms with Crippen LogP contribution in [-0.4, -0.2) is 31.9 Å². The lowest BCUT2D eigenvalue weighted by Gasteiger charge is -2.39. The molecule has 1 rings (SSSR count). The fourth-order valence-electron chi connectivity index (χ4n) is 3.48. The van der Waals surface area contributed by atoms with Crippen LogP contribution in [0, 0.1) is 5.92 Å². The Labute approximate surface area is 186 Å². The van der Waals surface area contributed by atoms with Gasteiger partial charge in [0.2, 0.25) is 0 Å². The molecule has 0 aromatic carbocycles. The van der Waals surface area contributed by atoms with Gasteiger partial charge in [-0.15, -0.1) is 0 Å². The maximum atomic E-state index is 12.4. The first-order valence-electron chi connectivity index (χ1n) is 12.0. The second-order valence-corrected chi connectivity index (χ2v) is 14.9. The Morgan fingerprint density at radius 3 is 2.53 bits per heavy atom. The largest absolute Gasteiger partial charge is 0.414 e. The maximum Gasteiger partial charge on any atom is 0.192 e. The molecule has 1 unspecified atom stereocenters. The molecule has 0 aromatic heterocycles. The van der Waals surface area contributed by atoms with E-state index in [-0.39, 0.29) is 29.5 Å². The molecule has 4 heteroatoms. The van der Waals surface area contributed by atoms with E-state index in [1.54, 1.807) is 6.08 Å². The number of ketones is 1. The molecule has 3 nitrogen and oxygen atoms in total. The lowest BCUT2D eigenvalue weighted by molar-refractivity contribution is -0.111. The Bertz CT molecular complexity index is 596. The zero-order chi connectivity index (χ0) is 22.6. The highest BCUT2D eigenvalue weighted by atomic mass is 28.4. The highest BCUT2D eigenvalue weighted by Crippen LogP contribution is 2.38. The molecule has 0 aliphatic heterocycles. The number of allylic oxidation sites excluding steroid dienone is 5. The zero-order valence-corrected chi connectivity index (χ0v) is 21.4. The minimum Gasteiger partial charge on any atom is -0.414 e. The van der Waals surface area contributed by atoms with E-state index in [4.69, 9.17) is 9.53 Å². The monoisotopic (exact) mass is 434 g/mol. The van der Waals surface area contributed by atoms with Crippen molar-refractivity contribution in [2.45, 2.75) is 110 Å². The topological polar surface area (TPSA) is 46.5 Å². The summed E-state index contributed by atoms with van der Waals surface area (Å²) in [5.74, 6) is 0.351. The number of hydrogen-bond donors (Lipinski definition) is 1. The molecule has 0 saturated carbocycles. The summed E-state index contributed by atoms with van der Waals surface area (Å²) in [7, 11) is -1.83. The molecule has 0 amide bonds. The van der Waals surface area contributed by atoms with Crippen molar-refractivity contribution in [1.82, 2.24) is 0 Å². The summed E-state index contributed by atoms with van der Waals surface area (Å²) < 4.78 is 6.74. The van der Waals surface area contributed by atoms with Crippen molar-refractivity contribution < 1.29 is 14.3 Å². The Morgan fingerprint density at radius 2 is 1.90 bits per heavy atom. The van der Waals surface area contributed by atoms with Gasteiger partial charge in [0.25, 0.3) is 0 Å². The molecule has 0 radical (unpaired) electrons. The summed E-state index contributed by atoms with van der Waals surface area (Å²) >= 11 is 0.